The monoisotopic (exact) mass is 440 g/mol. The van der Waals surface area contributed by atoms with E-state index in [4.69, 9.17) is 16.3 Å². The maximum Gasteiger partial charge on any atom is 0.230 e. The summed E-state index contributed by atoms with van der Waals surface area (Å²) < 4.78 is 7.20. The lowest BCUT2D eigenvalue weighted by Gasteiger charge is -2.41. The predicted octanol–water partition coefficient (Wildman–Crippen LogP) is 3.08. The number of benzene rings is 1. The lowest BCUT2D eigenvalue weighted by Crippen LogP contribution is -2.52. The zero-order valence-electron chi connectivity index (χ0n) is 17.8. The van der Waals surface area contributed by atoms with Gasteiger partial charge in [0.25, 0.3) is 0 Å². The van der Waals surface area contributed by atoms with E-state index in [1.807, 2.05) is 54.0 Å². The molecule has 0 radical (unpaired) electrons. The molecule has 3 fully saturated rings. The van der Waals surface area contributed by atoms with Gasteiger partial charge in [-0.3, -0.25) is 14.3 Å². The normalized spacial score (nSPS) is 33.4. The van der Waals surface area contributed by atoms with E-state index in [-0.39, 0.29) is 46.5 Å². The first kappa shape index (κ1) is 19.3. The molecule has 5 atom stereocenters. The molecule has 1 aromatic carbocycles. The highest BCUT2D eigenvalue weighted by Gasteiger charge is 2.83. The van der Waals surface area contributed by atoms with Crippen LogP contribution in [0.2, 0.25) is 0 Å². The number of nitrogens with zero attached hydrogens (tertiary/aromatic N) is 4. The van der Waals surface area contributed by atoms with Crippen LogP contribution in [0.15, 0.2) is 30.6 Å². The molecule has 3 heterocycles. The molecule has 1 saturated heterocycles. The van der Waals surface area contributed by atoms with Crippen molar-refractivity contribution in [3.8, 4) is 11.1 Å². The summed E-state index contributed by atoms with van der Waals surface area (Å²) in [6.45, 7) is 7.43. The van der Waals surface area contributed by atoms with Gasteiger partial charge < -0.3 is 14.5 Å². The van der Waals surface area contributed by atoms with Gasteiger partial charge in [0.1, 0.15) is 0 Å². The summed E-state index contributed by atoms with van der Waals surface area (Å²) in [6.07, 6.45) is 3.86. The molecule has 2 aliphatic carbocycles. The highest BCUT2D eigenvalue weighted by Crippen LogP contribution is 2.79. The molecule has 7 nitrogen and oxygen atoms in total. The minimum absolute atomic E-state index is 0.0106. The number of halogens is 1. The van der Waals surface area contributed by atoms with Crippen molar-refractivity contribution >= 4 is 34.8 Å². The summed E-state index contributed by atoms with van der Waals surface area (Å²) in [7, 11) is 0. The Morgan fingerprint density at radius 2 is 1.94 bits per heavy atom. The van der Waals surface area contributed by atoms with Crippen LogP contribution in [0.1, 0.15) is 26.8 Å². The van der Waals surface area contributed by atoms with Crippen molar-refractivity contribution < 1.29 is 14.3 Å². The van der Waals surface area contributed by atoms with E-state index in [0.29, 0.717) is 19.8 Å². The minimum atomic E-state index is -0.211. The van der Waals surface area contributed by atoms with E-state index in [1.165, 1.54) is 0 Å². The van der Waals surface area contributed by atoms with Gasteiger partial charge in [-0.05, 0) is 43.4 Å². The second-order valence-electron chi connectivity index (χ2n) is 9.52. The molecule has 162 valence electrons. The van der Waals surface area contributed by atoms with Crippen LogP contribution in [0.3, 0.4) is 0 Å². The number of fused-ring (bicyclic) bond motifs is 2. The molecule has 2 aromatic rings. The first-order valence-corrected chi connectivity index (χ1v) is 11.2. The quantitative estimate of drug-likeness (QED) is 0.688. The molecule has 4 aliphatic rings. The first-order valence-electron chi connectivity index (χ1n) is 10.9. The average Bonchev–Trinajstić information content (AvgIpc) is 3.50. The number of hydrogen-bond acceptors (Lipinski definition) is 4. The SMILES string of the molecule is CC(=O)N1c2ccc(-c3cnn(C4COC4)c3)cc2N(C(=O)C2C3[C@H]2C3(C)Cl)C[C@@H]1C. The van der Waals surface area contributed by atoms with Crippen LogP contribution in [-0.2, 0) is 14.3 Å². The van der Waals surface area contributed by atoms with Crippen LogP contribution in [0.5, 0.6) is 0 Å². The van der Waals surface area contributed by atoms with Crippen molar-refractivity contribution in [2.24, 2.45) is 17.8 Å². The number of carbonyl (C=O) groups excluding carboxylic acids is 2. The van der Waals surface area contributed by atoms with E-state index in [9.17, 15) is 9.59 Å². The van der Waals surface area contributed by atoms with E-state index in [0.717, 1.165) is 22.5 Å². The van der Waals surface area contributed by atoms with Gasteiger partial charge in [-0.25, -0.2) is 0 Å². The first-order chi connectivity index (χ1) is 14.8. The van der Waals surface area contributed by atoms with Crippen LogP contribution in [-0.4, -0.2) is 52.3 Å². The summed E-state index contributed by atoms with van der Waals surface area (Å²) in [6, 6.07) is 6.16. The van der Waals surface area contributed by atoms with Crippen LogP contribution in [0.25, 0.3) is 11.1 Å². The summed E-state index contributed by atoms with van der Waals surface area (Å²) in [4.78, 5) is 29.2. The number of aromatic nitrogens is 2. The number of anilines is 2. The molecule has 0 bridgehead atoms. The van der Waals surface area contributed by atoms with Gasteiger partial charge >= 0.3 is 0 Å². The van der Waals surface area contributed by atoms with Gasteiger partial charge in [-0.15, -0.1) is 11.6 Å². The zero-order chi connectivity index (χ0) is 21.7. The van der Waals surface area contributed by atoms with E-state index >= 15 is 0 Å². The topological polar surface area (TPSA) is 67.7 Å². The van der Waals surface area contributed by atoms with Gasteiger partial charge in [0.2, 0.25) is 11.8 Å². The smallest absolute Gasteiger partial charge is 0.230 e. The van der Waals surface area contributed by atoms with Crippen molar-refractivity contribution in [2.75, 3.05) is 29.6 Å². The van der Waals surface area contributed by atoms with Crippen LogP contribution in [0.4, 0.5) is 11.4 Å². The van der Waals surface area contributed by atoms with E-state index in [2.05, 4.69) is 5.10 Å². The number of amides is 2. The molecule has 6 rings (SSSR count). The lowest BCUT2D eigenvalue weighted by molar-refractivity contribution is -0.122. The molecular weight excluding hydrogens is 416 g/mol. The highest BCUT2D eigenvalue weighted by atomic mass is 35.5. The largest absolute Gasteiger partial charge is 0.377 e. The molecule has 2 amide bonds. The van der Waals surface area contributed by atoms with Crippen molar-refractivity contribution in [3.05, 3.63) is 30.6 Å². The van der Waals surface area contributed by atoms with Crippen molar-refractivity contribution in [3.63, 3.8) is 0 Å². The molecule has 0 spiro atoms. The number of carbonyl (C=O) groups is 2. The molecular formula is C23H25ClN4O3. The third kappa shape index (κ3) is 2.72. The van der Waals surface area contributed by atoms with E-state index in [1.54, 1.807) is 11.8 Å². The lowest BCUT2D eigenvalue weighted by atomic mass is 9.99. The molecule has 2 aliphatic heterocycles. The molecule has 2 saturated carbocycles. The van der Waals surface area contributed by atoms with Crippen LogP contribution < -0.4 is 9.80 Å². The summed E-state index contributed by atoms with van der Waals surface area (Å²) >= 11 is 6.42. The third-order valence-corrected chi connectivity index (χ3v) is 7.95. The van der Waals surface area contributed by atoms with Gasteiger partial charge in [0.05, 0.1) is 42.9 Å². The van der Waals surface area contributed by atoms with Crippen molar-refractivity contribution in [1.29, 1.82) is 0 Å². The van der Waals surface area contributed by atoms with Crippen molar-refractivity contribution in [1.82, 2.24) is 9.78 Å². The molecule has 1 aromatic heterocycles. The summed E-state index contributed by atoms with van der Waals surface area (Å²) in [5.41, 5.74) is 3.53. The molecule has 0 N–H and O–H groups in total. The van der Waals surface area contributed by atoms with Gasteiger partial charge in [0.15, 0.2) is 0 Å². The van der Waals surface area contributed by atoms with Crippen LogP contribution >= 0.6 is 11.6 Å². The summed E-state index contributed by atoms with van der Waals surface area (Å²) in [5, 5.41) is 4.48. The minimum Gasteiger partial charge on any atom is -0.377 e. The van der Waals surface area contributed by atoms with Crippen molar-refractivity contribution in [2.45, 2.75) is 37.7 Å². The Hall–Kier alpha value is -2.38. The Kier molecular flexibility index (Phi) is 3.94. The number of hydrogen-bond donors (Lipinski definition) is 0. The maximum absolute atomic E-state index is 13.4. The Morgan fingerprint density at radius 3 is 2.55 bits per heavy atom. The highest BCUT2D eigenvalue weighted by molar-refractivity contribution is 6.29. The van der Waals surface area contributed by atoms with Gasteiger partial charge in [-0.2, -0.15) is 5.10 Å². The second-order valence-corrected chi connectivity index (χ2v) is 10.3. The Balaban J connectivity index is 1.36. The maximum atomic E-state index is 13.4. The Labute approximate surface area is 185 Å². The Morgan fingerprint density at radius 1 is 1.19 bits per heavy atom. The third-order valence-electron chi connectivity index (χ3n) is 7.45. The predicted molar refractivity (Wildman–Crippen MR) is 117 cm³/mol. The number of alkyl halides is 1. The molecule has 31 heavy (non-hydrogen) atoms. The number of ether oxygens (including phenoxy) is 1. The molecule has 8 heteroatoms. The fourth-order valence-corrected chi connectivity index (χ4v) is 5.96. The Bertz CT molecular complexity index is 1100. The zero-order valence-corrected chi connectivity index (χ0v) is 18.5. The van der Waals surface area contributed by atoms with Gasteiger partial charge in [0, 0.05) is 36.0 Å². The fraction of sp³-hybridized carbons (Fsp3) is 0.522. The van der Waals surface area contributed by atoms with E-state index < -0.39 is 0 Å². The summed E-state index contributed by atoms with van der Waals surface area (Å²) in [5.74, 6) is 0.698. The second kappa shape index (κ2) is 6.33. The average molecular weight is 441 g/mol. The fourth-order valence-electron chi connectivity index (χ4n) is 5.48. The van der Waals surface area contributed by atoms with Gasteiger partial charge in [-0.1, -0.05) is 6.07 Å². The molecule has 3 unspecified atom stereocenters. The number of rotatable bonds is 3. The van der Waals surface area contributed by atoms with Crippen LogP contribution in [0, 0.1) is 17.8 Å². The standard InChI is InChI=1S/C23H25ClN4O3/c1-12-8-26(22(30)19-20-21(19)23(20,3)24)18-6-14(4-5-17(18)28(12)13(2)29)15-7-25-27(9-15)16-10-31-11-16/h4-7,9,12,16,19-21H,8,10-11H2,1-3H3/t12-,19?,20-,21?,23?/m0/s1.